The van der Waals surface area contributed by atoms with Crippen molar-refractivity contribution in [3.8, 4) is 0 Å². The minimum atomic E-state index is -1.21. The van der Waals surface area contributed by atoms with Crippen LogP contribution in [0.15, 0.2) is 18.4 Å². The normalized spacial score (nSPS) is 12.8. The molecule has 4 heteroatoms. The van der Waals surface area contributed by atoms with Crippen LogP contribution in [0.25, 0.3) is 0 Å². The molecule has 0 aliphatic carbocycles. The zero-order chi connectivity index (χ0) is 13.1. The Balaban J connectivity index is 0. The molecular weight excluding hydrogens is 460 g/mol. The minimum absolute atomic E-state index is 0. The fraction of sp³-hybridized carbons (Fsp3) is 0.714. The molecule has 1 unspecified atom stereocenters. The second-order valence-corrected chi connectivity index (χ2v) is 4.68. The van der Waals surface area contributed by atoms with Crippen molar-refractivity contribution in [1.82, 2.24) is 0 Å². The number of hydrogen-bond donors (Lipinski definition) is 1. The molecule has 104 valence electrons. The van der Waals surface area contributed by atoms with Gasteiger partial charge in [0.15, 0.2) is 0 Å². The fourth-order valence-corrected chi connectivity index (χ4v) is 1.84. The van der Waals surface area contributed by atoms with Crippen LogP contribution in [0.5, 0.6) is 0 Å². The summed E-state index contributed by atoms with van der Waals surface area (Å²) in [5.41, 5.74) is 2.76. The number of hydrogen-bond acceptors (Lipinski definition) is 2. The van der Waals surface area contributed by atoms with Gasteiger partial charge in [-0.15, -0.1) is 5.73 Å². The number of unbranched alkanes of at least 4 members (excludes halogenated alkanes) is 3. The van der Waals surface area contributed by atoms with Gasteiger partial charge in [0.1, 0.15) is 0 Å². The van der Waals surface area contributed by atoms with Crippen molar-refractivity contribution in [1.29, 1.82) is 0 Å². The molecule has 18 heavy (non-hydrogen) atoms. The zero-order valence-corrected chi connectivity index (χ0v) is 14.8. The number of rotatable bonds is 9. The predicted molar refractivity (Wildman–Crippen MR) is 69.2 cm³/mol. The second kappa shape index (κ2) is 11.8. The molecule has 0 aromatic heterocycles. The maximum Gasteiger partial charge on any atom is 0.505 e. The second-order valence-electron chi connectivity index (χ2n) is 4.68. The van der Waals surface area contributed by atoms with Crippen molar-refractivity contribution in [3.63, 3.8) is 0 Å². The average molecular weight is 484 g/mol. The molecular formula is C14H24O3Pu. The van der Waals surface area contributed by atoms with Crippen molar-refractivity contribution in [2.45, 2.75) is 52.4 Å². The van der Waals surface area contributed by atoms with E-state index in [0.29, 0.717) is 6.42 Å². The molecule has 0 spiro atoms. The molecule has 0 amide bonds. The van der Waals surface area contributed by atoms with Gasteiger partial charge in [0.05, 0.1) is 6.61 Å². The molecule has 0 fully saturated rings. The van der Waals surface area contributed by atoms with Crippen LogP contribution < -0.4 is 0 Å². The van der Waals surface area contributed by atoms with Crippen LogP contribution in [0.1, 0.15) is 52.4 Å². The van der Waals surface area contributed by atoms with Gasteiger partial charge in [-0.2, -0.15) is 0 Å². The molecule has 1 N–H and O–H groups in total. The van der Waals surface area contributed by atoms with Gasteiger partial charge in [-0.25, -0.2) is 4.79 Å². The van der Waals surface area contributed by atoms with Crippen LogP contribution in [0.3, 0.4) is 0 Å². The Hall–Kier alpha value is -0.223. The average Bonchev–Trinajstić information content (AvgIpc) is 2.24. The van der Waals surface area contributed by atoms with E-state index in [0.717, 1.165) is 12.8 Å². The van der Waals surface area contributed by atoms with Crippen molar-refractivity contribution in [2.24, 2.45) is 5.41 Å². The maximum absolute atomic E-state index is 10.3. The zero-order valence-electron chi connectivity index (χ0n) is 11.4. The van der Waals surface area contributed by atoms with Crippen molar-refractivity contribution in [2.75, 3.05) is 6.61 Å². The number of carboxylic acid groups (broad SMARTS) is 1. The summed E-state index contributed by atoms with van der Waals surface area (Å²) in [7, 11) is 0. The Bertz CT molecular complexity index is 272. The fourth-order valence-electron chi connectivity index (χ4n) is 1.84. The molecule has 0 aromatic rings. The summed E-state index contributed by atoms with van der Waals surface area (Å²) in [5.74, 6) is 0. The van der Waals surface area contributed by atoms with E-state index in [4.69, 9.17) is 5.11 Å². The molecule has 0 rings (SSSR count). The monoisotopic (exact) mass is 478 g/mol. The third-order valence-electron chi connectivity index (χ3n) is 2.95. The van der Waals surface area contributed by atoms with E-state index in [1.54, 1.807) is 0 Å². The van der Waals surface area contributed by atoms with Gasteiger partial charge >= 0.3 is 6.16 Å². The Morgan fingerprint density at radius 3 is 2.56 bits per heavy atom. The van der Waals surface area contributed by atoms with Gasteiger partial charge in [-0.05, 0) is 24.3 Å². The largest absolute Gasteiger partial charge is 0.505 e. The van der Waals surface area contributed by atoms with Gasteiger partial charge in [0, 0.05) is 29.2 Å². The third kappa shape index (κ3) is 10.9. The van der Waals surface area contributed by atoms with Gasteiger partial charge < -0.3 is 9.84 Å². The van der Waals surface area contributed by atoms with Gasteiger partial charge in [-0.1, -0.05) is 46.1 Å². The molecule has 3 nitrogen and oxygen atoms in total. The standard InChI is InChI=1S/C14H24O3.Pu/c1-4-6-7-8-10-14(3,9-5-2)11-12-17-13(15)16;/h9H,2,4,6-8,10-12H2,1,3H3,(H,15,16);. The Labute approximate surface area is 132 Å². The predicted octanol–water partition coefficient (Wildman–Crippen LogP) is 4.39. The van der Waals surface area contributed by atoms with Gasteiger partial charge in [0.2, 0.25) is 0 Å². The van der Waals surface area contributed by atoms with E-state index in [9.17, 15) is 4.79 Å². The quantitative estimate of drug-likeness (QED) is 0.300. The first-order chi connectivity index (χ1) is 8.04. The smallest absolute Gasteiger partial charge is 0.450 e. The summed E-state index contributed by atoms with van der Waals surface area (Å²) in [6, 6.07) is 0. The molecule has 0 bridgehead atoms. The molecule has 0 saturated carbocycles. The molecule has 0 aromatic carbocycles. The molecule has 1 atom stereocenters. The van der Waals surface area contributed by atoms with Crippen LogP contribution in [0.4, 0.5) is 4.79 Å². The van der Waals surface area contributed by atoms with Gasteiger partial charge in [0.25, 0.3) is 0 Å². The van der Waals surface area contributed by atoms with Crippen LogP contribution >= 0.6 is 0 Å². The molecule has 0 aliphatic heterocycles. The van der Waals surface area contributed by atoms with E-state index >= 15 is 0 Å². The number of allylic oxidation sites excluding steroid dienone is 1. The number of carbonyl (C=O) groups is 1. The summed E-state index contributed by atoms with van der Waals surface area (Å²) in [6.45, 7) is 8.11. The molecule has 0 aliphatic rings. The van der Waals surface area contributed by atoms with Gasteiger partial charge in [-0.3, -0.25) is 0 Å². The van der Waals surface area contributed by atoms with Crippen molar-refractivity contribution < 1.29 is 43.8 Å². The first-order valence-corrected chi connectivity index (χ1v) is 6.27. The van der Waals surface area contributed by atoms with Crippen LogP contribution in [-0.2, 0) is 4.74 Å². The van der Waals surface area contributed by atoms with E-state index in [1.807, 2.05) is 6.08 Å². The Morgan fingerprint density at radius 2 is 2.06 bits per heavy atom. The molecule has 0 saturated heterocycles. The first kappa shape index (κ1) is 20.1. The van der Waals surface area contributed by atoms with Crippen molar-refractivity contribution >= 4 is 6.16 Å². The SMILES string of the molecule is C=C=CC(C)(CCCCCC)CCOC(=O)O.[Pu]. The van der Waals surface area contributed by atoms with E-state index in [-0.39, 0.29) is 41.2 Å². The summed E-state index contributed by atoms with van der Waals surface area (Å²) in [4.78, 5) is 10.3. The molecule has 0 heterocycles. The van der Waals surface area contributed by atoms with E-state index in [2.05, 4.69) is 30.9 Å². The van der Waals surface area contributed by atoms with E-state index < -0.39 is 6.16 Å². The summed E-state index contributed by atoms with van der Waals surface area (Å²) < 4.78 is 4.56. The minimum Gasteiger partial charge on any atom is -0.450 e. The molecule has 0 radical (unpaired) electrons. The van der Waals surface area contributed by atoms with Crippen LogP contribution in [-0.4, -0.2) is 17.9 Å². The van der Waals surface area contributed by atoms with Crippen LogP contribution in [0.2, 0.25) is 0 Å². The third-order valence-corrected chi connectivity index (χ3v) is 2.95. The Morgan fingerprint density at radius 1 is 1.39 bits per heavy atom. The number of ether oxygens (including phenoxy) is 1. The topological polar surface area (TPSA) is 46.5 Å². The van der Waals surface area contributed by atoms with Crippen molar-refractivity contribution in [3.05, 3.63) is 18.4 Å². The first-order valence-electron chi connectivity index (χ1n) is 6.27. The Kier molecular flexibility index (Phi) is 13.2. The summed E-state index contributed by atoms with van der Waals surface area (Å²) in [5, 5.41) is 8.43. The van der Waals surface area contributed by atoms with Crippen LogP contribution in [0, 0.1) is 34.6 Å². The maximum atomic E-state index is 10.3. The van der Waals surface area contributed by atoms with E-state index in [1.165, 1.54) is 19.3 Å². The summed E-state index contributed by atoms with van der Waals surface area (Å²) >= 11 is 0. The summed E-state index contributed by atoms with van der Waals surface area (Å²) in [6.07, 6.45) is 7.28.